The van der Waals surface area contributed by atoms with Gasteiger partial charge >= 0.3 is 0 Å². The van der Waals surface area contributed by atoms with Crippen molar-refractivity contribution in [2.24, 2.45) is 0 Å². The van der Waals surface area contributed by atoms with Crippen molar-refractivity contribution >= 4 is 42.3 Å². The molecular weight excluding hydrogens is 337 g/mol. The zero-order valence-electron chi connectivity index (χ0n) is 7.08. The SMILES string of the molecule is Cc1cc(S(=O)(=O)Cl)cc(I)c1C#N. The van der Waals surface area contributed by atoms with E-state index < -0.39 is 9.05 Å². The number of benzene rings is 1. The quantitative estimate of drug-likeness (QED) is 0.582. The van der Waals surface area contributed by atoms with Crippen LogP contribution in [0.15, 0.2) is 17.0 Å². The van der Waals surface area contributed by atoms with Crippen molar-refractivity contribution in [1.82, 2.24) is 0 Å². The topological polar surface area (TPSA) is 57.9 Å². The molecule has 0 saturated carbocycles. The minimum Gasteiger partial charge on any atom is -0.207 e. The van der Waals surface area contributed by atoms with Crippen LogP contribution >= 0.6 is 33.3 Å². The Balaban J connectivity index is 3.53. The van der Waals surface area contributed by atoms with Crippen LogP contribution in [0.5, 0.6) is 0 Å². The van der Waals surface area contributed by atoms with E-state index in [1.54, 1.807) is 6.92 Å². The number of nitriles is 1. The van der Waals surface area contributed by atoms with Gasteiger partial charge in [-0.25, -0.2) is 8.42 Å². The second kappa shape index (κ2) is 4.04. The summed E-state index contributed by atoms with van der Waals surface area (Å²) in [6, 6.07) is 4.77. The van der Waals surface area contributed by atoms with Crippen LogP contribution < -0.4 is 0 Å². The molecule has 1 rings (SSSR count). The Morgan fingerprint density at radius 1 is 1.50 bits per heavy atom. The summed E-state index contributed by atoms with van der Waals surface area (Å²) in [5, 5.41) is 8.76. The number of hydrogen-bond acceptors (Lipinski definition) is 3. The first-order chi connectivity index (χ1) is 6.36. The number of halogens is 2. The number of nitrogens with zero attached hydrogens (tertiary/aromatic N) is 1. The molecule has 14 heavy (non-hydrogen) atoms. The molecule has 0 radical (unpaired) electrons. The lowest BCUT2D eigenvalue weighted by molar-refractivity contribution is 0.609. The number of hydrogen-bond donors (Lipinski definition) is 0. The fourth-order valence-electron chi connectivity index (χ4n) is 0.995. The standard InChI is InChI=1S/C8H5ClINO2S/c1-5-2-6(14(9,12)13)3-8(10)7(5)4-11/h2-3H,1H3. The van der Waals surface area contributed by atoms with Gasteiger partial charge in [-0.15, -0.1) is 0 Å². The van der Waals surface area contributed by atoms with Crippen LogP contribution in [0.3, 0.4) is 0 Å². The number of rotatable bonds is 1. The summed E-state index contributed by atoms with van der Waals surface area (Å²) in [6.45, 7) is 1.67. The Morgan fingerprint density at radius 2 is 2.07 bits per heavy atom. The van der Waals surface area contributed by atoms with Gasteiger partial charge in [-0.3, -0.25) is 0 Å². The Kier molecular flexibility index (Phi) is 3.40. The van der Waals surface area contributed by atoms with E-state index in [4.69, 9.17) is 15.9 Å². The lowest BCUT2D eigenvalue weighted by Crippen LogP contribution is -1.96. The van der Waals surface area contributed by atoms with Crippen LogP contribution in [0, 0.1) is 21.8 Å². The minimum atomic E-state index is -3.71. The fourth-order valence-corrected chi connectivity index (χ4v) is 2.93. The van der Waals surface area contributed by atoms with Crippen LogP contribution in [-0.2, 0) is 9.05 Å². The Bertz CT molecular complexity index is 496. The monoisotopic (exact) mass is 341 g/mol. The van der Waals surface area contributed by atoms with Crippen molar-refractivity contribution in [2.75, 3.05) is 0 Å². The van der Waals surface area contributed by atoms with Gasteiger partial charge in [-0.1, -0.05) is 0 Å². The molecule has 0 atom stereocenters. The molecule has 0 unspecified atom stereocenters. The van der Waals surface area contributed by atoms with Gasteiger partial charge in [0.2, 0.25) is 0 Å². The van der Waals surface area contributed by atoms with Gasteiger partial charge in [0.15, 0.2) is 0 Å². The van der Waals surface area contributed by atoms with Crippen LogP contribution in [0.4, 0.5) is 0 Å². The van der Waals surface area contributed by atoms with Crippen LogP contribution in [0.25, 0.3) is 0 Å². The van der Waals surface area contributed by atoms with Crippen LogP contribution in [-0.4, -0.2) is 8.42 Å². The molecule has 0 N–H and O–H groups in total. The van der Waals surface area contributed by atoms with E-state index >= 15 is 0 Å². The second-order valence-corrected chi connectivity index (χ2v) is 6.37. The largest absolute Gasteiger partial charge is 0.261 e. The first-order valence-corrected chi connectivity index (χ1v) is 6.90. The summed E-state index contributed by atoms with van der Waals surface area (Å²) in [5.74, 6) is 0. The molecule has 1 aromatic rings. The van der Waals surface area contributed by atoms with Crippen molar-refractivity contribution in [2.45, 2.75) is 11.8 Å². The molecular formula is C8H5ClINO2S. The highest BCUT2D eigenvalue weighted by atomic mass is 127. The Morgan fingerprint density at radius 3 is 2.43 bits per heavy atom. The van der Waals surface area contributed by atoms with E-state index in [1.807, 2.05) is 28.7 Å². The third kappa shape index (κ3) is 2.38. The molecule has 0 aliphatic rings. The maximum absolute atomic E-state index is 11.0. The fraction of sp³-hybridized carbons (Fsp3) is 0.125. The molecule has 0 bridgehead atoms. The molecule has 74 valence electrons. The molecule has 0 amide bonds. The van der Waals surface area contributed by atoms with E-state index in [9.17, 15) is 8.42 Å². The average Bonchev–Trinajstić information content (AvgIpc) is 2.01. The Labute approximate surface area is 100 Å². The minimum absolute atomic E-state index is 0.0278. The zero-order valence-corrected chi connectivity index (χ0v) is 10.8. The summed E-state index contributed by atoms with van der Waals surface area (Å²) in [4.78, 5) is 0.0278. The number of aryl methyl sites for hydroxylation is 1. The van der Waals surface area contributed by atoms with Gasteiger partial charge in [0.1, 0.15) is 6.07 Å². The Hall–Kier alpha value is -0.320. The van der Waals surface area contributed by atoms with Gasteiger partial charge < -0.3 is 0 Å². The second-order valence-electron chi connectivity index (χ2n) is 2.65. The van der Waals surface area contributed by atoms with Gasteiger partial charge in [-0.2, -0.15) is 5.26 Å². The van der Waals surface area contributed by atoms with Gasteiger partial charge in [0.05, 0.1) is 10.5 Å². The molecule has 0 heterocycles. The highest BCUT2D eigenvalue weighted by Crippen LogP contribution is 2.23. The first-order valence-electron chi connectivity index (χ1n) is 3.51. The maximum Gasteiger partial charge on any atom is 0.261 e. The molecule has 0 aliphatic heterocycles. The third-order valence-electron chi connectivity index (χ3n) is 1.65. The zero-order chi connectivity index (χ0) is 10.9. The highest BCUT2D eigenvalue weighted by molar-refractivity contribution is 14.1. The average molecular weight is 342 g/mol. The van der Waals surface area contributed by atoms with Gasteiger partial charge in [0.25, 0.3) is 9.05 Å². The van der Waals surface area contributed by atoms with Crippen molar-refractivity contribution in [1.29, 1.82) is 5.26 Å². The van der Waals surface area contributed by atoms with Crippen LogP contribution in [0.1, 0.15) is 11.1 Å². The lowest BCUT2D eigenvalue weighted by Gasteiger charge is -2.03. The van der Waals surface area contributed by atoms with Crippen molar-refractivity contribution in [3.05, 3.63) is 26.8 Å². The molecule has 0 aromatic heterocycles. The summed E-state index contributed by atoms with van der Waals surface area (Å²) >= 11 is 1.91. The predicted molar refractivity (Wildman–Crippen MR) is 61.6 cm³/mol. The molecule has 1 aromatic carbocycles. The summed E-state index contributed by atoms with van der Waals surface area (Å²) in [6.07, 6.45) is 0. The smallest absolute Gasteiger partial charge is 0.207 e. The van der Waals surface area contributed by atoms with E-state index in [0.29, 0.717) is 14.7 Å². The molecule has 3 nitrogen and oxygen atoms in total. The van der Waals surface area contributed by atoms with Crippen molar-refractivity contribution in [3.63, 3.8) is 0 Å². The van der Waals surface area contributed by atoms with Gasteiger partial charge in [-0.05, 0) is 47.2 Å². The van der Waals surface area contributed by atoms with E-state index in [2.05, 4.69) is 0 Å². The molecule has 0 saturated heterocycles. The predicted octanol–water partition coefficient (Wildman–Crippen LogP) is 2.40. The van der Waals surface area contributed by atoms with Gasteiger partial charge in [0, 0.05) is 14.3 Å². The molecule has 0 fully saturated rings. The third-order valence-corrected chi connectivity index (χ3v) is 3.84. The highest BCUT2D eigenvalue weighted by Gasteiger charge is 2.14. The normalized spacial score (nSPS) is 11.0. The van der Waals surface area contributed by atoms with Crippen molar-refractivity contribution in [3.8, 4) is 6.07 Å². The summed E-state index contributed by atoms with van der Waals surface area (Å²) in [7, 11) is 1.47. The maximum atomic E-state index is 11.0. The van der Waals surface area contributed by atoms with Crippen LogP contribution in [0.2, 0.25) is 0 Å². The lowest BCUT2D eigenvalue weighted by atomic mass is 10.1. The van der Waals surface area contributed by atoms with E-state index in [-0.39, 0.29) is 4.90 Å². The first kappa shape index (κ1) is 11.8. The molecule has 0 aliphatic carbocycles. The summed E-state index contributed by atoms with van der Waals surface area (Å²) in [5.41, 5.74) is 1.09. The molecule has 6 heteroatoms. The molecule has 0 spiro atoms. The van der Waals surface area contributed by atoms with Crippen molar-refractivity contribution < 1.29 is 8.42 Å². The summed E-state index contributed by atoms with van der Waals surface area (Å²) < 4.78 is 22.6. The van der Waals surface area contributed by atoms with E-state index in [1.165, 1.54) is 12.1 Å². The van der Waals surface area contributed by atoms with E-state index in [0.717, 1.165) is 0 Å².